The minimum Gasteiger partial charge on any atom is -0.472 e. The summed E-state index contributed by atoms with van der Waals surface area (Å²) in [6.45, 7) is 0.553. The third kappa shape index (κ3) is 2.22. The second-order valence-corrected chi connectivity index (χ2v) is 4.81. The molecule has 0 atom stereocenters. The van der Waals surface area contributed by atoms with Crippen LogP contribution in [0.5, 0.6) is 0 Å². The molecule has 3 nitrogen and oxygen atoms in total. The summed E-state index contributed by atoms with van der Waals surface area (Å²) in [5.74, 6) is 0.425. The molecule has 0 N–H and O–H groups in total. The molecule has 0 radical (unpaired) electrons. The van der Waals surface area contributed by atoms with Crippen LogP contribution < -0.4 is 0 Å². The monoisotopic (exact) mass is 298 g/mol. The Labute approximate surface area is 118 Å². The van der Waals surface area contributed by atoms with E-state index < -0.39 is 5.82 Å². The lowest BCUT2D eigenvalue weighted by atomic mass is 10.3. The van der Waals surface area contributed by atoms with Crippen LogP contribution in [0.25, 0.3) is 11.0 Å². The Balaban J connectivity index is 2.17. The number of nitrogens with zero attached hydrogens (tertiary/aromatic N) is 2. The van der Waals surface area contributed by atoms with Crippen molar-refractivity contribution in [2.24, 2.45) is 0 Å². The number of fused-ring (bicyclic) bond motifs is 1. The fourth-order valence-corrected chi connectivity index (χ4v) is 2.38. The molecule has 0 spiro atoms. The molecular weight excluding hydrogens is 290 g/mol. The first kappa shape index (κ1) is 12.5. The lowest BCUT2D eigenvalue weighted by Gasteiger charge is -2.06. The van der Waals surface area contributed by atoms with Gasteiger partial charge in [-0.25, -0.2) is 9.37 Å². The summed E-state index contributed by atoms with van der Waals surface area (Å²) in [4.78, 5) is 4.32. The first-order valence-electron chi connectivity index (χ1n) is 5.60. The third-order valence-electron chi connectivity index (χ3n) is 2.91. The van der Waals surface area contributed by atoms with Crippen molar-refractivity contribution in [3.05, 3.63) is 53.0 Å². The van der Waals surface area contributed by atoms with Crippen LogP contribution in [0, 0.1) is 5.82 Å². The topological polar surface area (TPSA) is 31.0 Å². The van der Waals surface area contributed by atoms with Crippen molar-refractivity contribution in [2.75, 3.05) is 0 Å². The average Bonchev–Trinajstić information content (AvgIpc) is 3.00. The van der Waals surface area contributed by atoms with Crippen molar-refractivity contribution in [2.45, 2.75) is 12.4 Å². The van der Waals surface area contributed by atoms with Crippen LogP contribution in [-0.4, -0.2) is 9.55 Å². The maximum absolute atomic E-state index is 13.4. The average molecular weight is 299 g/mol. The normalized spacial score (nSPS) is 11.3. The zero-order chi connectivity index (χ0) is 13.4. The number of aromatic nitrogens is 2. The molecule has 2 heterocycles. The molecule has 1 aromatic carbocycles. The Bertz CT molecular complexity index is 722. The van der Waals surface area contributed by atoms with E-state index in [1.807, 2.05) is 10.6 Å². The second kappa shape index (κ2) is 4.87. The highest BCUT2D eigenvalue weighted by atomic mass is 35.5. The van der Waals surface area contributed by atoms with E-state index in [2.05, 4.69) is 4.98 Å². The predicted molar refractivity (Wildman–Crippen MR) is 72.1 cm³/mol. The van der Waals surface area contributed by atoms with Gasteiger partial charge in [-0.15, -0.1) is 11.6 Å². The summed E-state index contributed by atoms with van der Waals surface area (Å²) in [5, 5.41) is 0.0713. The van der Waals surface area contributed by atoms with E-state index in [0.717, 1.165) is 11.1 Å². The Hall–Kier alpha value is -1.52. The van der Waals surface area contributed by atoms with Crippen molar-refractivity contribution in [3.8, 4) is 0 Å². The van der Waals surface area contributed by atoms with Crippen molar-refractivity contribution in [1.29, 1.82) is 0 Å². The minimum atomic E-state index is -0.483. The van der Waals surface area contributed by atoms with E-state index in [4.69, 9.17) is 27.6 Å². The number of benzene rings is 1. The summed E-state index contributed by atoms with van der Waals surface area (Å²) in [6, 6.07) is 4.74. The molecular formula is C13H9Cl2FN2O. The van der Waals surface area contributed by atoms with Crippen LogP contribution in [0.3, 0.4) is 0 Å². The van der Waals surface area contributed by atoms with Gasteiger partial charge in [0.25, 0.3) is 0 Å². The number of imidazole rings is 1. The summed E-state index contributed by atoms with van der Waals surface area (Å²) < 4.78 is 20.4. The zero-order valence-electron chi connectivity index (χ0n) is 9.74. The molecule has 6 heteroatoms. The van der Waals surface area contributed by atoms with Gasteiger partial charge in [-0.3, -0.25) is 0 Å². The van der Waals surface area contributed by atoms with Gasteiger partial charge in [0, 0.05) is 11.6 Å². The molecule has 2 aromatic heterocycles. The van der Waals surface area contributed by atoms with Crippen molar-refractivity contribution < 1.29 is 8.81 Å². The van der Waals surface area contributed by atoms with Gasteiger partial charge in [-0.05, 0) is 12.1 Å². The van der Waals surface area contributed by atoms with E-state index in [0.29, 0.717) is 17.9 Å². The van der Waals surface area contributed by atoms with E-state index in [9.17, 15) is 4.39 Å². The van der Waals surface area contributed by atoms with Gasteiger partial charge in [-0.2, -0.15) is 0 Å². The zero-order valence-corrected chi connectivity index (χ0v) is 11.2. The molecule has 0 unspecified atom stereocenters. The number of rotatable bonds is 3. The molecule has 3 aromatic rings. The Kier molecular flexibility index (Phi) is 3.21. The molecule has 0 aliphatic carbocycles. The molecule has 3 rings (SSSR count). The maximum atomic E-state index is 13.4. The highest BCUT2D eigenvalue weighted by Crippen LogP contribution is 2.25. The van der Waals surface area contributed by atoms with Gasteiger partial charge in [0.15, 0.2) is 0 Å². The van der Waals surface area contributed by atoms with Gasteiger partial charge >= 0.3 is 0 Å². The van der Waals surface area contributed by atoms with Crippen molar-refractivity contribution in [1.82, 2.24) is 9.55 Å². The molecule has 19 heavy (non-hydrogen) atoms. The molecule has 0 aliphatic heterocycles. The lowest BCUT2D eigenvalue weighted by molar-refractivity contribution is 0.562. The SMILES string of the molecule is Fc1cc2nc(CCl)n(Cc3ccoc3)c2cc1Cl. The molecule has 0 fully saturated rings. The second-order valence-electron chi connectivity index (χ2n) is 4.13. The van der Waals surface area contributed by atoms with E-state index in [-0.39, 0.29) is 10.9 Å². The Morgan fingerprint density at radius 2 is 2.21 bits per heavy atom. The summed E-state index contributed by atoms with van der Waals surface area (Å²) >= 11 is 11.7. The summed E-state index contributed by atoms with van der Waals surface area (Å²) in [7, 11) is 0. The highest BCUT2D eigenvalue weighted by molar-refractivity contribution is 6.31. The summed E-state index contributed by atoms with van der Waals surface area (Å²) in [6.07, 6.45) is 3.25. The molecule has 0 bridgehead atoms. The molecule has 0 saturated heterocycles. The highest BCUT2D eigenvalue weighted by Gasteiger charge is 2.13. The molecule has 0 aliphatic rings. The minimum absolute atomic E-state index is 0.0713. The number of hydrogen-bond acceptors (Lipinski definition) is 2. The van der Waals surface area contributed by atoms with Gasteiger partial charge in [-0.1, -0.05) is 11.6 Å². The van der Waals surface area contributed by atoms with Crippen LogP contribution in [0.1, 0.15) is 11.4 Å². The van der Waals surface area contributed by atoms with Crippen LogP contribution in [0.15, 0.2) is 35.1 Å². The number of halogens is 3. The van der Waals surface area contributed by atoms with Crippen LogP contribution in [0.2, 0.25) is 5.02 Å². The van der Waals surface area contributed by atoms with Crippen LogP contribution in [0.4, 0.5) is 4.39 Å². The number of furan rings is 1. The lowest BCUT2D eigenvalue weighted by Crippen LogP contribution is -2.03. The van der Waals surface area contributed by atoms with Crippen LogP contribution >= 0.6 is 23.2 Å². The molecule has 0 amide bonds. The Morgan fingerprint density at radius 3 is 2.89 bits per heavy atom. The standard InChI is InChI=1S/C13H9Cl2FN2O/c14-5-13-17-11-4-10(16)9(15)3-12(11)18(13)6-8-1-2-19-7-8/h1-4,7H,5-6H2. The molecule has 98 valence electrons. The van der Waals surface area contributed by atoms with E-state index in [1.54, 1.807) is 18.6 Å². The van der Waals surface area contributed by atoms with Gasteiger partial charge in [0.1, 0.15) is 11.6 Å². The maximum Gasteiger partial charge on any atom is 0.144 e. The van der Waals surface area contributed by atoms with Crippen LogP contribution in [-0.2, 0) is 12.4 Å². The Morgan fingerprint density at radius 1 is 1.37 bits per heavy atom. The molecule has 0 saturated carbocycles. The summed E-state index contributed by atoms with van der Waals surface area (Å²) in [5.41, 5.74) is 2.27. The van der Waals surface area contributed by atoms with E-state index >= 15 is 0 Å². The quantitative estimate of drug-likeness (QED) is 0.678. The van der Waals surface area contributed by atoms with Crippen molar-refractivity contribution in [3.63, 3.8) is 0 Å². The van der Waals surface area contributed by atoms with Gasteiger partial charge < -0.3 is 8.98 Å². The predicted octanol–water partition coefficient (Wildman–Crippen LogP) is 4.21. The third-order valence-corrected chi connectivity index (χ3v) is 3.44. The fraction of sp³-hybridized carbons (Fsp3) is 0.154. The first-order chi connectivity index (χ1) is 9.19. The fourth-order valence-electron chi connectivity index (χ4n) is 2.01. The van der Waals surface area contributed by atoms with E-state index in [1.165, 1.54) is 6.07 Å². The number of alkyl halides is 1. The first-order valence-corrected chi connectivity index (χ1v) is 6.51. The van der Waals surface area contributed by atoms with Gasteiger partial charge in [0.05, 0.1) is 41.0 Å². The smallest absolute Gasteiger partial charge is 0.144 e. The van der Waals surface area contributed by atoms with Gasteiger partial charge in [0.2, 0.25) is 0 Å². The number of hydrogen-bond donors (Lipinski definition) is 0. The van der Waals surface area contributed by atoms with Crippen molar-refractivity contribution >= 4 is 34.2 Å². The largest absolute Gasteiger partial charge is 0.472 e.